The maximum Gasteiger partial charge on any atom is 0.0997 e. The molecular formula is C14H16ClN. The first kappa shape index (κ1) is 12.8. The number of rotatable bonds is 4. The second-order valence-corrected chi connectivity index (χ2v) is 3.92. The standard InChI is InChI=1S/C14H16ClN/c1-2-3-4-5-6-10-16-12-13-8-7-9-14(15)11-13/h7-9,11-12H,2-4,10H2,1H3. The van der Waals surface area contributed by atoms with Crippen LogP contribution in [0.4, 0.5) is 0 Å². The zero-order valence-electron chi connectivity index (χ0n) is 9.54. The van der Waals surface area contributed by atoms with E-state index in [4.69, 9.17) is 11.6 Å². The molecule has 16 heavy (non-hydrogen) atoms. The van der Waals surface area contributed by atoms with Crippen molar-refractivity contribution in [3.63, 3.8) is 0 Å². The highest BCUT2D eigenvalue weighted by Gasteiger charge is 1.88. The predicted octanol–water partition coefficient (Wildman–Crippen LogP) is 3.95. The summed E-state index contributed by atoms with van der Waals surface area (Å²) in [5.74, 6) is 6.12. The van der Waals surface area contributed by atoms with Gasteiger partial charge in [0.15, 0.2) is 0 Å². The van der Waals surface area contributed by atoms with Gasteiger partial charge in [0.05, 0.1) is 6.54 Å². The molecular weight excluding hydrogens is 218 g/mol. The van der Waals surface area contributed by atoms with E-state index in [1.807, 2.05) is 24.3 Å². The van der Waals surface area contributed by atoms with Crippen molar-refractivity contribution in [3.8, 4) is 11.8 Å². The van der Waals surface area contributed by atoms with E-state index in [-0.39, 0.29) is 0 Å². The van der Waals surface area contributed by atoms with Crippen LogP contribution in [0.2, 0.25) is 5.02 Å². The Morgan fingerprint density at radius 2 is 2.25 bits per heavy atom. The largest absolute Gasteiger partial charge is 0.280 e. The third-order valence-corrected chi connectivity index (χ3v) is 2.27. The van der Waals surface area contributed by atoms with Gasteiger partial charge in [-0.25, -0.2) is 0 Å². The summed E-state index contributed by atoms with van der Waals surface area (Å²) in [7, 11) is 0. The molecule has 0 aliphatic heterocycles. The number of unbranched alkanes of at least 4 members (excludes halogenated alkanes) is 2. The van der Waals surface area contributed by atoms with Gasteiger partial charge in [0.25, 0.3) is 0 Å². The first-order chi connectivity index (χ1) is 7.83. The number of hydrogen-bond donors (Lipinski definition) is 0. The zero-order chi connectivity index (χ0) is 11.6. The molecule has 0 amide bonds. The summed E-state index contributed by atoms with van der Waals surface area (Å²) >= 11 is 5.85. The van der Waals surface area contributed by atoms with E-state index in [1.54, 1.807) is 6.21 Å². The van der Waals surface area contributed by atoms with Crippen molar-refractivity contribution >= 4 is 17.8 Å². The molecule has 0 aliphatic carbocycles. The normalized spacial score (nSPS) is 10.1. The Kier molecular flexibility index (Phi) is 6.37. The molecule has 1 rings (SSSR count). The monoisotopic (exact) mass is 233 g/mol. The topological polar surface area (TPSA) is 12.4 Å². The lowest BCUT2D eigenvalue weighted by Crippen LogP contribution is -1.82. The predicted molar refractivity (Wildman–Crippen MR) is 71.2 cm³/mol. The van der Waals surface area contributed by atoms with E-state index in [9.17, 15) is 0 Å². The Hall–Kier alpha value is -1.26. The van der Waals surface area contributed by atoms with Crippen LogP contribution >= 0.6 is 11.6 Å². The zero-order valence-corrected chi connectivity index (χ0v) is 10.3. The molecule has 1 aromatic carbocycles. The summed E-state index contributed by atoms with van der Waals surface area (Å²) in [5.41, 5.74) is 1.02. The van der Waals surface area contributed by atoms with Gasteiger partial charge in [0, 0.05) is 17.7 Å². The van der Waals surface area contributed by atoms with Crippen molar-refractivity contribution in [1.29, 1.82) is 0 Å². The molecule has 0 bridgehead atoms. The van der Waals surface area contributed by atoms with Crippen LogP contribution in [0.3, 0.4) is 0 Å². The van der Waals surface area contributed by atoms with Gasteiger partial charge in [-0.2, -0.15) is 0 Å². The van der Waals surface area contributed by atoms with E-state index in [0.29, 0.717) is 6.54 Å². The summed E-state index contributed by atoms with van der Waals surface area (Å²) in [4.78, 5) is 4.22. The Balaban J connectivity index is 2.34. The van der Waals surface area contributed by atoms with E-state index in [0.717, 1.165) is 17.0 Å². The molecule has 2 heteroatoms. The lowest BCUT2D eigenvalue weighted by atomic mass is 10.2. The van der Waals surface area contributed by atoms with Gasteiger partial charge in [0.2, 0.25) is 0 Å². The van der Waals surface area contributed by atoms with E-state index >= 15 is 0 Å². The number of benzene rings is 1. The minimum atomic E-state index is 0.566. The van der Waals surface area contributed by atoms with Crippen LogP contribution in [0, 0.1) is 11.8 Å². The fourth-order valence-electron chi connectivity index (χ4n) is 1.19. The lowest BCUT2D eigenvalue weighted by molar-refractivity contribution is 0.827. The summed E-state index contributed by atoms with van der Waals surface area (Å²) < 4.78 is 0. The molecule has 0 spiro atoms. The van der Waals surface area contributed by atoms with E-state index in [1.165, 1.54) is 12.8 Å². The quantitative estimate of drug-likeness (QED) is 0.424. The van der Waals surface area contributed by atoms with Gasteiger partial charge >= 0.3 is 0 Å². The summed E-state index contributed by atoms with van der Waals surface area (Å²) in [6, 6.07) is 7.62. The van der Waals surface area contributed by atoms with Crippen molar-refractivity contribution in [2.24, 2.45) is 4.99 Å². The van der Waals surface area contributed by atoms with Crippen molar-refractivity contribution in [2.75, 3.05) is 6.54 Å². The van der Waals surface area contributed by atoms with Gasteiger partial charge < -0.3 is 0 Å². The lowest BCUT2D eigenvalue weighted by Gasteiger charge is -1.92. The number of aliphatic imine (C=N–C) groups is 1. The van der Waals surface area contributed by atoms with Gasteiger partial charge in [-0.15, -0.1) is 5.92 Å². The molecule has 0 fully saturated rings. The van der Waals surface area contributed by atoms with Crippen LogP contribution in [0.5, 0.6) is 0 Å². The Bertz CT molecular complexity index is 399. The summed E-state index contributed by atoms with van der Waals surface area (Å²) in [6.45, 7) is 2.73. The number of hydrogen-bond acceptors (Lipinski definition) is 1. The van der Waals surface area contributed by atoms with Crippen LogP contribution in [0.1, 0.15) is 31.7 Å². The molecule has 0 unspecified atom stereocenters. The molecule has 0 aliphatic rings. The van der Waals surface area contributed by atoms with Crippen molar-refractivity contribution in [3.05, 3.63) is 34.9 Å². The maximum absolute atomic E-state index is 5.85. The van der Waals surface area contributed by atoms with Crippen LogP contribution in [-0.4, -0.2) is 12.8 Å². The highest BCUT2D eigenvalue weighted by atomic mass is 35.5. The first-order valence-electron chi connectivity index (χ1n) is 5.54. The first-order valence-corrected chi connectivity index (χ1v) is 5.92. The van der Waals surface area contributed by atoms with Crippen molar-refractivity contribution in [2.45, 2.75) is 26.2 Å². The minimum absolute atomic E-state index is 0.566. The van der Waals surface area contributed by atoms with Gasteiger partial charge in [-0.1, -0.05) is 43.0 Å². The third-order valence-electron chi connectivity index (χ3n) is 2.04. The van der Waals surface area contributed by atoms with Crippen LogP contribution in [0.25, 0.3) is 0 Å². The Labute approximate surface area is 103 Å². The summed E-state index contributed by atoms with van der Waals surface area (Å²) in [5, 5.41) is 0.734. The van der Waals surface area contributed by atoms with Gasteiger partial charge in [-0.05, 0) is 24.1 Å². The van der Waals surface area contributed by atoms with Crippen LogP contribution in [0.15, 0.2) is 29.3 Å². The number of halogens is 1. The molecule has 0 N–H and O–H groups in total. The fourth-order valence-corrected chi connectivity index (χ4v) is 1.39. The smallest absolute Gasteiger partial charge is 0.0997 e. The van der Waals surface area contributed by atoms with Gasteiger partial charge in [-0.3, -0.25) is 4.99 Å². The molecule has 0 radical (unpaired) electrons. The van der Waals surface area contributed by atoms with Crippen LogP contribution in [-0.2, 0) is 0 Å². The van der Waals surface area contributed by atoms with Crippen LogP contribution < -0.4 is 0 Å². The van der Waals surface area contributed by atoms with E-state index in [2.05, 4.69) is 23.8 Å². The van der Waals surface area contributed by atoms with Crippen molar-refractivity contribution < 1.29 is 0 Å². The van der Waals surface area contributed by atoms with Gasteiger partial charge in [0.1, 0.15) is 0 Å². The molecule has 0 heterocycles. The molecule has 0 atom stereocenters. The highest BCUT2D eigenvalue weighted by Crippen LogP contribution is 2.08. The van der Waals surface area contributed by atoms with Crippen molar-refractivity contribution in [1.82, 2.24) is 0 Å². The Morgan fingerprint density at radius 1 is 1.38 bits per heavy atom. The molecule has 1 nitrogen and oxygen atoms in total. The van der Waals surface area contributed by atoms with E-state index < -0.39 is 0 Å². The highest BCUT2D eigenvalue weighted by molar-refractivity contribution is 6.30. The molecule has 0 aromatic heterocycles. The minimum Gasteiger partial charge on any atom is -0.280 e. The average Bonchev–Trinajstić information content (AvgIpc) is 2.28. The summed E-state index contributed by atoms with van der Waals surface area (Å²) in [6.07, 6.45) is 5.15. The second-order valence-electron chi connectivity index (χ2n) is 3.48. The second kappa shape index (κ2) is 7.96. The maximum atomic E-state index is 5.85. The average molecular weight is 234 g/mol. The molecule has 0 saturated carbocycles. The SMILES string of the molecule is CCCCC#CCN=Cc1cccc(Cl)c1. The molecule has 84 valence electrons. The molecule has 1 aromatic rings. The third kappa shape index (κ3) is 5.58. The fraction of sp³-hybridized carbons (Fsp3) is 0.357. The number of nitrogens with zero attached hydrogens (tertiary/aromatic N) is 1. The molecule has 0 saturated heterocycles. The Morgan fingerprint density at radius 3 is 3.00 bits per heavy atom.